The first-order chi connectivity index (χ1) is 10.3. The van der Waals surface area contributed by atoms with Crippen LogP contribution in [0.3, 0.4) is 0 Å². The summed E-state index contributed by atoms with van der Waals surface area (Å²) >= 11 is 0. The number of aromatic nitrogens is 3. The molecule has 0 aliphatic rings. The van der Waals surface area contributed by atoms with Gasteiger partial charge in [-0.05, 0) is 43.8 Å². The number of rotatable bonds is 4. The smallest absolute Gasteiger partial charge is 0.0926 e. The Morgan fingerprint density at radius 3 is 2.52 bits per heavy atom. The molecule has 0 saturated heterocycles. The van der Waals surface area contributed by atoms with Gasteiger partial charge in [0.2, 0.25) is 0 Å². The Labute approximate surface area is 124 Å². The van der Waals surface area contributed by atoms with E-state index >= 15 is 0 Å². The molecule has 106 valence electrons. The van der Waals surface area contributed by atoms with Crippen LogP contribution in [-0.4, -0.2) is 21.8 Å². The zero-order chi connectivity index (χ0) is 14.7. The number of nitrogens with zero attached hydrogens (tertiary/aromatic N) is 3. The summed E-state index contributed by atoms with van der Waals surface area (Å²) in [4.78, 5) is 4.54. The maximum Gasteiger partial charge on any atom is 0.0926 e. The van der Waals surface area contributed by atoms with E-state index in [4.69, 9.17) is 0 Å². The van der Waals surface area contributed by atoms with Gasteiger partial charge in [-0.25, -0.2) is 4.68 Å². The summed E-state index contributed by atoms with van der Waals surface area (Å²) in [7, 11) is 1.95. The summed E-state index contributed by atoms with van der Waals surface area (Å²) in [5.41, 5.74) is 4.31. The van der Waals surface area contributed by atoms with Gasteiger partial charge in [-0.3, -0.25) is 4.98 Å². The predicted molar refractivity (Wildman–Crippen MR) is 83.4 cm³/mol. The molecule has 21 heavy (non-hydrogen) atoms. The Kier molecular flexibility index (Phi) is 3.79. The molecular weight excluding hydrogens is 260 g/mol. The highest BCUT2D eigenvalue weighted by molar-refractivity contribution is 5.36. The number of para-hydroxylation sites is 1. The summed E-state index contributed by atoms with van der Waals surface area (Å²) in [6, 6.07) is 16.2. The number of aryl methyl sites for hydroxylation is 1. The fraction of sp³-hybridized carbons (Fsp3) is 0.176. The minimum absolute atomic E-state index is 0.00825. The van der Waals surface area contributed by atoms with Crippen molar-refractivity contribution in [2.75, 3.05) is 7.05 Å². The molecule has 1 atom stereocenters. The average Bonchev–Trinajstić information content (AvgIpc) is 3.00. The molecule has 3 rings (SSSR count). The van der Waals surface area contributed by atoms with E-state index in [1.54, 1.807) is 0 Å². The molecule has 0 spiro atoms. The lowest BCUT2D eigenvalue weighted by Gasteiger charge is -2.19. The van der Waals surface area contributed by atoms with Crippen LogP contribution in [0.2, 0.25) is 0 Å². The van der Waals surface area contributed by atoms with Crippen LogP contribution < -0.4 is 5.32 Å². The van der Waals surface area contributed by atoms with Crippen molar-refractivity contribution in [3.8, 4) is 5.69 Å². The fourth-order valence-electron chi connectivity index (χ4n) is 2.54. The van der Waals surface area contributed by atoms with Crippen LogP contribution in [0, 0.1) is 6.92 Å². The van der Waals surface area contributed by atoms with Crippen LogP contribution in [0.25, 0.3) is 5.69 Å². The van der Waals surface area contributed by atoms with Gasteiger partial charge < -0.3 is 5.32 Å². The van der Waals surface area contributed by atoms with Gasteiger partial charge in [0.25, 0.3) is 0 Å². The molecule has 0 radical (unpaired) electrons. The Morgan fingerprint density at radius 2 is 1.81 bits per heavy atom. The molecule has 1 aromatic carbocycles. The highest BCUT2D eigenvalue weighted by Crippen LogP contribution is 2.24. The van der Waals surface area contributed by atoms with Crippen LogP contribution in [0.5, 0.6) is 0 Å². The summed E-state index contributed by atoms with van der Waals surface area (Å²) in [6.07, 6.45) is 3.65. The van der Waals surface area contributed by atoms with Gasteiger partial charge in [-0.2, -0.15) is 5.10 Å². The summed E-state index contributed by atoms with van der Waals surface area (Å²) in [6.45, 7) is 2.08. The van der Waals surface area contributed by atoms with Crippen molar-refractivity contribution in [1.29, 1.82) is 0 Å². The Hall–Kier alpha value is -2.46. The standard InChI is InChI=1S/C17H18N4/c1-13-7-6-11-19-16(13)17(18-2)15-10-12-20-21(15)14-8-4-3-5-9-14/h3-12,17-18H,1-2H3. The van der Waals surface area contributed by atoms with Crippen molar-refractivity contribution >= 4 is 0 Å². The van der Waals surface area contributed by atoms with E-state index in [2.05, 4.69) is 40.5 Å². The van der Waals surface area contributed by atoms with Gasteiger partial charge in [0, 0.05) is 12.4 Å². The SMILES string of the molecule is CNC(c1ncccc1C)c1ccnn1-c1ccccc1. The molecule has 4 nitrogen and oxygen atoms in total. The third-order valence-electron chi connectivity index (χ3n) is 3.58. The second kappa shape index (κ2) is 5.89. The van der Waals surface area contributed by atoms with Gasteiger partial charge in [0.15, 0.2) is 0 Å². The fourth-order valence-corrected chi connectivity index (χ4v) is 2.54. The van der Waals surface area contributed by atoms with Crippen molar-refractivity contribution in [2.24, 2.45) is 0 Å². The summed E-state index contributed by atoms with van der Waals surface area (Å²) < 4.78 is 1.95. The normalized spacial score (nSPS) is 12.3. The maximum absolute atomic E-state index is 4.54. The quantitative estimate of drug-likeness (QED) is 0.798. The third-order valence-corrected chi connectivity index (χ3v) is 3.58. The van der Waals surface area contributed by atoms with Crippen LogP contribution in [0.1, 0.15) is 23.0 Å². The lowest BCUT2D eigenvalue weighted by molar-refractivity contribution is 0.618. The van der Waals surface area contributed by atoms with E-state index in [0.29, 0.717) is 0 Å². The highest BCUT2D eigenvalue weighted by Gasteiger charge is 2.20. The molecule has 4 heteroatoms. The van der Waals surface area contributed by atoms with Crippen molar-refractivity contribution in [3.05, 3.63) is 77.9 Å². The minimum atomic E-state index is 0.00825. The lowest BCUT2D eigenvalue weighted by atomic mass is 10.0. The first-order valence-corrected chi connectivity index (χ1v) is 6.99. The summed E-state index contributed by atoms with van der Waals surface area (Å²) in [5, 5.41) is 7.81. The van der Waals surface area contributed by atoms with Gasteiger partial charge in [0.05, 0.1) is 23.1 Å². The van der Waals surface area contributed by atoms with Gasteiger partial charge in [0.1, 0.15) is 0 Å². The monoisotopic (exact) mass is 278 g/mol. The third kappa shape index (κ3) is 2.58. The van der Waals surface area contributed by atoms with Crippen molar-refractivity contribution < 1.29 is 0 Å². The van der Waals surface area contributed by atoms with E-state index in [1.807, 2.05) is 54.5 Å². The number of benzene rings is 1. The largest absolute Gasteiger partial charge is 0.307 e. The maximum atomic E-state index is 4.54. The number of nitrogens with one attached hydrogen (secondary N) is 1. The van der Waals surface area contributed by atoms with Crippen LogP contribution >= 0.6 is 0 Å². The number of hydrogen-bond donors (Lipinski definition) is 1. The van der Waals surface area contributed by atoms with Crippen LogP contribution in [0.15, 0.2) is 60.9 Å². The Morgan fingerprint density at radius 1 is 1.00 bits per heavy atom. The predicted octanol–water partition coefficient (Wildman–Crippen LogP) is 2.88. The molecule has 2 aromatic heterocycles. The van der Waals surface area contributed by atoms with Crippen molar-refractivity contribution in [3.63, 3.8) is 0 Å². The molecule has 0 fully saturated rings. The van der Waals surface area contributed by atoms with Crippen molar-refractivity contribution in [1.82, 2.24) is 20.1 Å². The van der Waals surface area contributed by atoms with Crippen LogP contribution in [0.4, 0.5) is 0 Å². The van der Waals surface area contributed by atoms with Gasteiger partial charge >= 0.3 is 0 Å². The van der Waals surface area contributed by atoms with Gasteiger partial charge in [-0.15, -0.1) is 0 Å². The second-order valence-electron chi connectivity index (χ2n) is 4.93. The van der Waals surface area contributed by atoms with E-state index in [9.17, 15) is 0 Å². The van der Waals surface area contributed by atoms with E-state index < -0.39 is 0 Å². The van der Waals surface area contributed by atoms with Gasteiger partial charge in [-0.1, -0.05) is 24.3 Å². The van der Waals surface area contributed by atoms with Crippen LogP contribution in [-0.2, 0) is 0 Å². The molecule has 0 saturated carbocycles. The molecule has 1 N–H and O–H groups in total. The van der Waals surface area contributed by atoms with Crippen molar-refractivity contribution in [2.45, 2.75) is 13.0 Å². The minimum Gasteiger partial charge on any atom is -0.307 e. The molecular formula is C17H18N4. The molecule has 3 aromatic rings. The van der Waals surface area contributed by atoms with E-state index in [1.165, 1.54) is 0 Å². The highest BCUT2D eigenvalue weighted by atomic mass is 15.3. The number of pyridine rings is 1. The summed E-state index contributed by atoms with van der Waals surface area (Å²) in [5.74, 6) is 0. The van der Waals surface area contributed by atoms with E-state index in [0.717, 1.165) is 22.6 Å². The van der Waals surface area contributed by atoms with E-state index in [-0.39, 0.29) is 6.04 Å². The first-order valence-electron chi connectivity index (χ1n) is 6.99. The Bertz CT molecular complexity index is 718. The second-order valence-corrected chi connectivity index (χ2v) is 4.93. The molecule has 0 aliphatic carbocycles. The lowest BCUT2D eigenvalue weighted by Crippen LogP contribution is -2.23. The average molecular weight is 278 g/mol. The zero-order valence-electron chi connectivity index (χ0n) is 12.2. The number of hydrogen-bond acceptors (Lipinski definition) is 3. The molecule has 0 bridgehead atoms. The molecule has 2 heterocycles. The molecule has 1 unspecified atom stereocenters. The first kappa shape index (κ1) is 13.5. The topological polar surface area (TPSA) is 42.7 Å². The molecule has 0 amide bonds. The molecule has 0 aliphatic heterocycles. The Balaban J connectivity index is 2.08. The zero-order valence-corrected chi connectivity index (χ0v) is 12.2.